The summed E-state index contributed by atoms with van der Waals surface area (Å²) in [4.78, 5) is 12.2. The van der Waals surface area contributed by atoms with E-state index in [9.17, 15) is 4.79 Å². The number of hydrogen-bond acceptors (Lipinski definition) is 5. The van der Waals surface area contributed by atoms with Crippen LogP contribution in [0.15, 0.2) is 42.5 Å². The topological polar surface area (TPSA) is 66.0 Å². The number of rotatable bonds is 6. The lowest BCUT2D eigenvalue weighted by atomic mass is 10.2. The summed E-state index contributed by atoms with van der Waals surface area (Å²) in [6.07, 6.45) is -0.643. The second-order valence-corrected chi connectivity index (χ2v) is 5.32. The maximum absolute atomic E-state index is 12.2. The molecule has 24 heavy (non-hydrogen) atoms. The molecule has 0 saturated carbocycles. The van der Waals surface area contributed by atoms with E-state index in [1.807, 2.05) is 30.3 Å². The number of amides is 1. The number of fused-ring (bicyclic) bond motifs is 1. The standard InChI is InChI=1S/C18H19NO5/c1-12(24-16-6-4-3-5-14(16)21-2)18(20)19-10-13-7-8-15-17(9-13)23-11-22-15/h3-9,12H,10-11H2,1-2H3,(H,19,20). The molecule has 6 heteroatoms. The van der Waals surface area contributed by atoms with Crippen molar-refractivity contribution in [1.29, 1.82) is 0 Å². The second kappa shape index (κ2) is 7.12. The first-order valence-corrected chi connectivity index (χ1v) is 7.63. The van der Waals surface area contributed by atoms with Crippen molar-refractivity contribution in [2.45, 2.75) is 19.6 Å². The van der Waals surface area contributed by atoms with E-state index in [4.69, 9.17) is 18.9 Å². The molecule has 1 aliphatic heterocycles. The van der Waals surface area contributed by atoms with Crippen molar-refractivity contribution in [1.82, 2.24) is 5.32 Å². The Kier molecular flexibility index (Phi) is 4.74. The summed E-state index contributed by atoms with van der Waals surface area (Å²) in [5.41, 5.74) is 0.928. The minimum absolute atomic E-state index is 0.210. The molecule has 0 fully saturated rings. The first-order valence-electron chi connectivity index (χ1n) is 7.63. The van der Waals surface area contributed by atoms with Crippen molar-refractivity contribution in [3.63, 3.8) is 0 Å². The first-order chi connectivity index (χ1) is 11.7. The molecule has 2 aromatic rings. The van der Waals surface area contributed by atoms with Crippen LogP contribution < -0.4 is 24.3 Å². The smallest absolute Gasteiger partial charge is 0.261 e. The molecule has 126 valence electrons. The maximum Gasteiger partial charge on any atom is 0.261 e. The third kappa shape index (κ3) is 3.53. The molecule has 0 bridgehead atoms. The van der Waals surface area contributed by atoms with Crippen LogP contribution in [0.2, 0.25) is 0 Å². The minimum Gasteiger partial charge on any atom is -0.493 e. The van der Waals surface area contributed by atoms with Crippen LogP contribution in [0.4, 0.5) is 0 Å². The maximum atomic E-state index is 12.2. The van der Waals surface area contributed by atoms with Gasteiger partial charge in [-0.1, -0.05) is 18.2 Å². The normalized spacial score (nSPS) is 13.2. The lowest BCUT2D eigenvalue weighted by molar-refractivity contribution is -0.127. The summed E-state index contributed by atoms with van der Waals surface area (Å²) in [6, 6.07) is 12.8. The van der Waals surface area contributed by atoms with Crippen LogP contribution in [0.25, 0.3) is 0 Å². The highest BCUT2D eigenvalue weighted by molar-refractivity contribution is 5.80. The van der Waals surface area contributed by atoms with Crippen molar-refractivity contribution in [3.8, 4) is 23.0 Å². The third-order valence-corrected chi connectivity index (χ3v) is 3.65. The quantitative estimate of drug-likeness (QED) is 0.882. The molecule has 1 N–H and O–H groups in total. The molecule has 6 nitrogen and oxygen atoms in total. The van der Waals surface area contributed by atoms with Gasteiger partial charge in [0.1, 0.15) is 0 Å². The summed E-state index contributed by atoms with van der Waals surface area (Å²) in [5.74, 6) is 2.33. The van der Waals surface area contributed by atoms with Crippen molar-refractivity contribution < 1.29 is 23.7 Å². The summed E-state index contributed by atoms with van der Waals surface area (Å²) in [5, 5.41) is 2.85. The molecule has 0 spiro atoms. The van der Waals surface area contributed by atoms with Crippen LogP contribution in [0.1, 0.15) is 12.5 Å². The summed E-state index contributed by atoms with van der Waals surface area (Å²) >= 11 is 0. The fourth-order valence-corrected chi connectivity index (χ4v) is 2.34. The Bertz CT molecular complexity index is 731. The number of methoxy groups -OCH3 is 1. The molecule has 1 amide bonds. The van der Waals surface area contributed by atoms with Gasteiger partial charge in [-0.25, -0.2) is 0 Å². The predicted molar refractivity (Wildman–Crippen MR) is 87.5 cm³/mol. The Labute approximate surface area is 140 Å². The number of carbonyl (C=O) groups excluding carboxylic acids is 1. The van der Waals surface area contributed by atoms with Crippen molar-refractivity contribution in [2.75, 3.05) is 13.9 Å². The molecule has 0 radical (unpaired) electrons. The molecular weight excluding hydrogens is 310 g/mol. The summed E-state index contributed by atoms with van der Waals surface area (Å²) < 4.78 is 21.5. The zero-order valence-electron chi connectivity index (χ0n) is 13.6. The highest BCUT2D eigenvalue weighted by atomic mass is 16.7. The van der Waals surface area contributed by atoms with Crippen molar-refractivity contribution in [3.05, 3.63) is 48.0 Å². The lowest BCUT2D eigenvalue weighted by Gasteiger charge is -2.16. The molecule has 1 aliphatic rings. The Morgan fingerprint density at radius 1 is 1.17 bits per heavy atom. The zero-order chi connectivity index (χ0) is 16.9. The molecule has 2 aromatic carbocycles. The summed E-state index contributed by atoms with van der Waals surface area (Å²) in [7, 11) is 1.56. The van der Waals surface area contributed by atoms with E-state index in [2.05, 4.69) is 5.32 Å². The Hall–Kier alpha value is -2.89. The minimum atomic E-state index is -0.643. The van der Waals surface area contributed by atoms with Gasteiger partial charge in [0.15, 0.2) is 29.1 Å². The van der Waals surface area contributed by atoms with Gasteiger partial charge in [-0.2, -0.15) is 0 Å². The highest BCUT2D eigenvalue weighted by Gasteiger charge is 2.17. The van der Waals surface area contributed by atoms with E-state index >= 15 is 0 Å². The lowest BCUT2D eigenvalue weighted by Crippen LogP contribution is -2.35. The number of ether oxygens (including phenoxy) is 4. The van der Waals surface area contributed by atoms with Gasteiger partial charge >= 0.3 is 0 Å². The van der Waals surface area contributed by atoms with Crippen molar-refractivity contribution >= 4 is 5.91 Å². The average Bonchev–Trinajstić information content (AvgIpc) is 3.07. The Morgan fingerprint density at radius 3 is 2.71 bits per heavy atom. The average molecular weight is 329 g/mol. The number of benzene rings is 2. The number of para-hydroxylation sites is 2. The van der Waals surface area contributed by atoms with E-state index in [0.717, 1.165) is 11.3 Å². The molecule has 1 unspecified atom stereocenters. The first kappa shape index (κ1) is 16.0. The molecule has 0 aliphatic carbocycles. The zero-order valence-corrected chi connectivity index (χ0v) is 13.6. The summed E-state index contributed by atoms with van der Waals surface area (Å²) in [6.45, 7) is 2.31. The van der Waals surface area contributed by atoms with Gasteiger partial charge < -0.3 is 24.3 Å². The van der Waals surface area contributed by atoms with Crippen LogP contribution in [-0.2, 0) is 11.3 Å². The van der Waals surface area contributed by atoms with Gasteiger partial charge in [-0.3, -0.25) is 4.79 Å². The fraction of sp³-hybridized carbons (Fsp3) is 0.278. The van der Waals surface area contributed by atoms with Crippen LogP contribution in [0.5, 0.6) is 23.0 Å². The van der Waals surface area contributed by atoms with E-state index < -0.39 is 6.10 Å². The van der Waals surface area contributed by atoms with Gasteiger partial charge in [-0.15, -0.1) is 0 Å². The van der Waals surface area contributed by atoms with Gasteiger partial charge in [0.05, 0.1) is 7.11 Å². The van der Waals surface area contributed by atoms with Crippen molar-refractivity contribution in [2.24, 2.45) is 0 Å². The van der Waals surface area contributed by atoms with E-state index in [-0.39, 0.29) is 12.7 Å². The molecule has 1 atom stereocenters. The van der Waals surface area contributed by atoms with Gasteiger partial charge in [0.2, 0.25) is 6.79 Å². The number of carbonyl (C=O) groups is 1. The van der Waals surface area contributed by atoms with Crippen LogP contribution in [0.3, 0.4) is 0 Å². The molecular formula is C18H19NO5. The number of nitrogens with one attached hydrogen (secondary N) is 1. The molecule has 3 rings (SSSR count). The van der Waals surface area contributed by atoms with Crippen LogP contribution in [0, 0.1) is 0 Å². The van der Waals surface area contributed by atoms with Gasteiger partial charge in [-0.05, 0) is 36.8 Å². The third-order valence-electron chi connectivity index (χ3n) is 3.65. The molecule has 1 heterocycles. The van der Waals surface area contributed by atoms with Crippen LogP contribution in [-0.4, -0.2) is 25.9 Å². The van der Waals surface area contributed by atoms with E-state index in [1.165, 1.54) is 0 Å². The highest BCUT2D eigenvalue weighted by Crippen LogP contribution is 2.32. The van der Waals surface area contributed by atoms with Crippen LogP contribution >= 0.6 is 0 Å². The SMILES string of the molecule is COc1ccccc1OC(C)C(=O)NCc1ccc2c(c1)OCO2. The largest absolute Gasteiger partial charge is 0.493 e. The Balaban J connectivity index is 1.56. The molecule has 0 aromatic heterocycles. The van der Waals surface area contributed by atoms with Gasteiger partial charge in [0, 0.05) is 6.54 Å². The van der Waals surface area contributed by atoms with E-state index in [1.54, 1.807) is 26.2 Å². The monoisotopic (exact) mass is 329 g/mol. The fourth-order valence-electron chi connectivity index (χ4n) is 2.34. The Morgan fingerprint density at radius 2 is 1.92 bits per heavy atom. The predicted octanol–water partition coefficient (Wildman–Crippen LogP) is 2.51. The van der Waals surface area contributed by atoms with Gasteiger partial charge in [0.25, 0.3) is 5.91 Å². The second-order valence-electron chi connectivity index (χ2n) is 5.32. The number of hydrogen-bond donors (Lipinski definition) is 1. The molecule has 0 saturated heterocycles. The van der Waals surface area contributed by atoms with E-state index in [0.29, 0.717) is 23.8 Å².